The maximum absolute atomic E-state index is 12.8. The van der Waals surface area contributed by atoms with Crippen LogP contribution in [0, 0.1) is 0 Å². The highest BCUT2D eigenvalue weighted by Crippen LogP contribution is 2.27. The molecule has 0 saturated carbocycles. The average molecular weight is 588 g/mol. The Hall–Kier alpha value is -2.51. The summed E-state index contributed by atoms with van der Waals surface area (Å²) in [7, 11) is 3.90. The van der Waals surface area contributed by atoms with Crippen molar-refractivity contribution < 1.29 is 14.4 Å². The molecule has 1 aromatic heterocycles. The smallest absolute Gasteiger partial charge is 0.328 e. The number of piperidine rings is 2. The molecular weight excluding hydrogens is 542 g/mol. The number of carbonyl (C=O) groups is 3. The minimum atomic E-state index is -0.667. The van der Waals surface area contributed by atoms with Gasteiger partial charge in [-0.25, -0.2) is 13.4 Å². The van der Waals surface area contributed by atoms with E-state index in [-0.39, 0.29) is 18.0 Å². The Morgan fingerprint density at radius 3 is 2.51 bits per heavy atom. The molecular formula is C29H45N7O4S. The molecule has 12 heteroatoms. The maximum Gasteiger partial charge on any atom is 0.329 e. The summed E-state index contributed by atoms with van der Waals surface area (Å²) in [6.07, 6.45) is 7.99. The Labute approximate surface area is 246 Å². The molecule has 2 aromatic rings. The Bertz CT molecular complexity index is 1270. The largest absolute Gasteiger partial charge is 0.329 e. The fourth-order valence-corrected chi connectivity index (χ4v) is 6.89. The summed E-state index contributed by atoms with van der Waals surface area (Å²) in [4.78, 5) is 49.2. The summed E-state index contributed by atoms with van der Waals surface area (Å²) in [5, 5.41) is 2.31. The van der Waals surface area contributed by atoms with E-state index in [2.05, 4.69) is 32.8 Å². The summed E-state index contributed by atoms with van der Waals surface area (Å²) in [6.45, 7) is 6.91. The van der Waals surface area contributed by atoms with Crippen LogP contribution < -0.4 is 16.7 Å². The van der Waals surface area contributed by atoms with Crippen LogP contribution in [-0.2, 0) is 27.9 Å². The van der Waals surface area contributed by atoms with Gasteiger partial charge in [0.25, 0.3) is 0 Å². The first kappa shape index (κ1) is 31.4. The van der Waals surface area contributed by atoms with Gasteiger partial charge in [0.15, 0.2) is 0 Å². The minimum absolute atomic E-state index is 0.227. The molecule has 4 heterocycles. The fourth-order valence-electron chi connectivity index (χ4n) is 5.71. The molecule has 2 unspecified atom stereocenters. The lowest BCUT2D eigenvalue weighted by atomic mass is 10.0. The number of amides is 2. The van der Waals surface area contributed by atoms with Gasteiger partial charge in [-0.05, 0) is 70.5 Å². The standard InChI is InChI=1S/C18H21N3O4.C11H24N4S/c1-20-16-12(6-3-2-4-11-22)7-5-8-13(16)21(18(20)25)14-9-10-15(23)19-17(14)24;1-10-3-6-13(2)9-15(10)16-14-7-4-11(12)5-8-14/h5,7-8,11,14H,2-4,6,9-10H2,1H3,(H,19,23,24);10-11H,3-9,12H2,1-2H3. The van der Waals surface area contributed by atoms with E-state index >= 15 is 0 Å². The van der Waals surface area contributed by atoms with Crippen LogP contribution in [0.15, 0.2) is 23.0 Å². The monoisotopic (exact) mass is 587 g/mol. The molecule has 3 aliphatic rings. The zero-order valence-corrected chi connectivity index (χ0v) is 25.4. The van der Waals surface area contributed by atoms with Crippen molar-refractivity contribution in [3.05, 3.63) is 34.2 Å². The first-order chi connectivity index (χ1) is 19.7. The van der Waals surface area contributed by atoms with Crippen LogP contribution in [0.1, 0.15) is 69.9 Å². The number of hydrogen-bond acceptors (Lipinski definition) is 9. The number of nitrogens with one attached hydrogen (secondary N) is 1. The highest BCUT2D eigenvalue weighted by atomic mass is 32.2. The lowest BCUT2D eigenvalue weighted by Crippen LogP contribution is -2.47. The van der Waals surface area contributed by atoms with Crippen molar-refractivity contribution in [1.29, 1.82) is 0 Å². The number of aromatic nitrogens is 2. The van der Waals surface area contributed by atoms with Gasteiger partial charge in [0.2, 0.25) is 11.8 Å². The Balaban J connectivity index is 0.000000208. The first-order valence-corrected chi connectivity index (χ1v) is 15.5. The van der Waals surface area contributed by atoms with Crippen LogP contribution in [0.25, 0.3) is 11.0 Å². The zero-order chi connectivity index (χ0) is 29.5. The third kappa shape index (κ3) is 7.86. The van der Waals surface area contributed by atoms with Gasteiger partial charge in [-0.2, -0.15) is 0 Å². The van der Waals surface area contributed by atoms with Crippen LogP contribution in [-0.4, -0.2) is 86.2 Å². The number of rotatable bonds is 8. The summed E-state index contributed by atoms with van der Waals surface area (Å²) >= 11 is 1.92. The summed E-state index contributed by atoms with van der Waals surface area (Å²) in [5.41, 5.74) is 8.20. The van der Waals surface area contributed by atoms with E-state index in [0.29, 0.717) is 30.4 Å². The predicted molar refractivity (Wildman–Crippen MR) is 162 cm³/mol. The second-order valence-electron chi connectivity index (χ2n) is 11.5. The maximum atomic E-state index is 12.8. The molecule has 11 nitrogen and oxygen atoms in total. The van der Waals surface area contributed by atoms with E-state index in [1.807, 2.05) is 30.3 Å². The molecule has 0 aliphatic carbocycles. The van der Waals surface area contributed by atoms with E-state index in [4.69, 9.17) is 5.73 Å². The SMILES string of the molecule is CC1CCN(C)CN1SN1CCC(N)CC1.Cn1c(=O)n(C2CCC(=O)NC2=O)c2cccc(CCCCC=O)c21. The molecule has 2 amide bonds. The number of unbranched alkanes of at least 4 members (excludes halogenated alkanes) is 2. The molecule has 1 aromatic carbocycles. The number of imide groups is 1. The Kier molecular flexibility index (Phi) is 11.2. The molecule has 3 fully saturated rings. The van der Waals surface area contributed by atoms with E-state index < -0.39 is 11.9 Å². The number of hydrogen-bond donors (Lipinski definition) is 2. The van der Waals surface area contributed by atoms with Crippen molar-refractivity contribution >= 4 is 41.3 Å². The number of aryl methyl sites for hydroxylation is 2. The lowest BCUT2D eigenvalue weighted by molar-refractivity contribution is -0.135. The quantitative estimate of drug-likeness (QED) is 0.207. The highest BCUT2D eigenvalue weighted by Gasteiger charge is 2.31. The third-order valence-electron chi connectivity index (χ3n) is 8.25. The van der Waals surface area contributed by atoms with E-state index in [1.54, 1.807) is 11.6 Å². The van der Waals surface area contributed by atoms with Gasteiger partial charge < -0.3 is 10.5 Å². The summed E-state index contributed by atoms with van der Waals surface area (Å²) in [6, 6.07) is 6.13. The molecule has 226 valence electrons. The number of para-hydroxylation sites is 1. The van der Waals surface area contributed by atoms with Crippen LogP contribution >= 0.6 is 12.1 Å². The normalized spacial score (nSPS) is 23.3. The van der Waals surface area contributed by atoms with Crippen molar-refractivity contribution in [3.63, 3.8) is 0 Å². The number of aldehydes is 1. The molecule has 3 N–H and O–H groups in total. The van der Waals surface area contributed by atoms with Crippen molar-refractivity contribution in [3.8, 4) is 0 Å². The number of carbonyl (C=O) groups excluding carboxylic acids is 3. The number of nitrogens with two attached hydrogens (primary N) is 1. The number of imidazole rings is 1. The van der Waals surface area contributed by atoms with Crippen LogP contribution in [0.5, 0.6) is 0 Å². The highest BCUT2D eigenvalue weighted by molar-refractivity contribution is 7.94. The van der Waals surface area contributed by atoms with Crippen LogP contribution in [0.4, 0.5) is 0 Å². The van der Waals surface area contributed by atoms with Gasteiger partial charge in [0.1, 0.15) is 12.3 Å². The molecule has 41 heavy (non-hydrogen) atoms. The summed E-state index contributed by atoms with van der Waals surface area (Å²) in [5.74, 6) is -0.729. The average Bonchev–Trinajstić information content (AvgIpc) is 3.20. The summed E-state index contributed by atoms with van der Waals surface area (Å²) < 4.78 is 8.03. The third-order valence-corrected chi connectivity index (χ3v) is 9.53. The molecule has 5 rings (SSSR count). The number of benzene rings is 1. The van der Waals surface area contributed by atoms with Crippen molar-refractivity contribution in [1.82, 2.24) is 28.0 Å². The second-order valence-corrected chi connectivity index (χ2v) is 12.6. The van der Waals surface area contributed by atoms with E-state index in [0.717, 1.165) is 69.2 Å². The van der Waals surface area contributed by atoms with E-state index in [9.17, 15) is 19.2 Å². The number of nitrogens with zero attached hydrogens (tertiary/aromatic N) is 5. The molecule has 0 spiro atoms. The van der Waals surface area contributed by atoms with Gasteiger partial charge in [-0.1, -0.05) is 12.1 Å². The van der Waals surface area contributed by atoms with Crippen molar-refractivity contribution in [2.45, 2.75) is 82.8 Å². The van der Waals surface area contributed by atoms with Crippen molar-refractivity contribution in [2.24, 2.45) is 12.8 Å². The van der Waals surface area contributed by atoms with Crippen LogP contribution in [0.3, 0.4) is 0 Å². The van der Waals surface area contributed by atoms with Gasteiger partial charge in [-0.3, -0.25) is 28.9 Å². The molecule has 0 radical (unpaired) electrons. The fraction of sp³-hybridized carbons (Fsp3) is 0.655. The molecule has 3 aliphatic heterocycles. The van der Waals surface area contributed by atoms with E-state index in [1.165, 1.54) is 17.5 Å². The zero-order valence-electron chi connectivity index (χ0n) is 24.6. The Morgan fingerprint density at radius 1 is 1.05 bits per heavy atom. The van der Waals surface area contributed by atoms with Crippen molar-refractivity contribution in [2.75, 3.05) is 33.4 Å². The number of fused-ring (bicyclic) bond motifs is 1. The minimum Gasteiger partial charge on any atom is -0.328 e. The van der Waals surface area contributed by atoms with Gasteiger partial charge in [0.05, 0.1) is 17.7 Å². The van der Waals surface area contributed by atoms with Gasteiger partial charge >= 0.3 is 5.69 Å². The van der Waals surface area contributed by atoms with Crippen LogP contribution in [0.2, 0.25) is 0 Å². The molecule has 2 atom stereocenters. The second kappa shape index (κ2) is 14.6. The van der Waals surface area contributed by atoms with Gasteiger partial charge in [-0.15, -0.1) is 0 Å². The topological polar surface area (TPSA) is 126 Å². The first-order valence-electron chi connectivity index (χ1n) is 14.8. The lowest BCUT2D eigenvalue weighted by Gasteiger charge is -2.41. The Morgan fingerprint density at radius 2 is 1.80 bits per heavy atom. The predicted octanol–water partition coefficient (Wildman–Crippen LogP) is 2.19. The molecule has 0 bridgehead atoms. The van der Waals surface area contributed by atoms with Gasteiger partial charge in [0, 0.05) is 63.7 Å². The molecule has 3 saturated heterocycles.